The highest BCUT2D eigenvalue weighted by atomic mass is 79.9. The molecule has 0 aliphatic carbocycles. The van der Waals surface area contributed by atoms with Crippen LogP contribution in [0.2, 0.25) is 0 Å². The Morgan fingerprint density at radius 3 is 2.77 bits per heavy atom. The first-order valence-corrected chi connectivity index (χ1v) is 5.80. The molecule has 0 amide bonds. The Kier molecular flexibility index (Phi) is 4.77. The van der Waals surface area contributed by atoms with Crippen LogP contribution in [0.25, 0.3) is 0 Å². The van der Waals surface area contributed by atoms with E-state index in [1.807, 2.05) is 6.07 Å². The first-order chi connectivity index (χ1) is 6.22. The van der Waals surface area contributed by atoms with Gasteiger partial charge in [0, 0.05) is 16.0 Å². The van der Waals surface area contributed by atoms with Gasteiger partial charge in [0.15, 0.2) is 0 Å². The summed E-state index contributed by atoms with van der Waals surface area (Å²) in [5.41, 5.74) is 0.935. The first kappa shape index (κ1) is 11.0. The van der Waals surface area contributed by atoms with Crippen LogP contribution in [0, 0.1) is 5.82 Å². The first-order valence-electron chi connectivity index (χ1n) is 3.86. The predicted molar refractivity (Wildman–Crippen MR) is 57.3 cm³/mol. The lowest BCUT2D eigenvalue weighted by molar-refractivity contribution is 0.322. The summed E-state index contributed by atoms with van der Waals surface area (Å²) in [6.45, 7) is 0.168. The molecule has 0 aromatic heterocycles. The highest BCUT2D eigenvalue weighted by Gasteiger charge is 1.98. The number of aliphatic hydroxyl groups is 1. The highest BCUT2D eigenvalue weighted by Crippen LogP contribution is 2.18. The van der Waals surface area contributed by atoms with Crippen molar-refractivity contribution in [3.05, 3.63) is 34.1 Å². The summed E-state index contributed by atoms with van der Waals surface area (Å²) in [5, 5.41) is 8.55. The lowest BCUT2D eigenvalue weighted by atomic mass is 10.2. The van der Waals surface area contributed by atoms with Crippen molar-refractivity contribution in [1.82, 2.24) is 0 Å². The maximum atomic E-state index is 12.8. The van der Waals surface area contributed by atoms with Gasteiger partial charge in [-0.1, -0.05) is 15.9 Å². The van der Waals surface area contributed by atoms with E-state index in [0.29, 0.717) is 5.75 Å². The van der Waals surface area contributed by atoms with Crippen LogP contribution in [-0.4, -0.2) is 17.5 Å². The molecular weight excluding hydrogens is 255 g/mol. The molecule has 4 heteroatoms. The molecule has 0 bridgehead atoms. The van der Waals surface area contributed by atoms with Crippen molar-refractivity contribution in [2.24, 2.45) is 0 Å². The number of hydrogen-bond acceptors (Lipinski definition) is 2. The second-order valence-electron chi connectivity index (χ2n) is 2.55. The minimum Gasteiger partial charge on any atom is -0.396 e. The molecule has 13 heavy (non-hydrogen) atoms. The van der Waals surface area contributed by atoms with Gasteiger partial charge in [-0.3, -0.25) is 0 Å². The molecule has 1 nitrogen and oxygen atoms in total. The normalized spacial score (nSPS) is 10.4. The summed E-state index contributed by atoms with van der Waals surface area (Å²) in [6, 6.07) is 4.82. The molecule has 0 heterocycles. The Morgan fingerprint density at radius 2 is 2.15 bits per heavy atom. The van der Waals surface area contributed by atoms with E-state index in [2.05, 4.69) is 15.9 Å². The third kappa shape index (κ3) is 4.11. The predicted octanol–water partition coefficient (Wildman–Crippen LogP) is 2.81. The van der Waals surface area contributed by atoms with Crippen LogP contribution in [0.15, 0.2) is 22.7 Å². The Balaban J connectivity index is 2.56. The van der Waals surface area contributed by atoms with Crippen LogP contribution in [0.5, 0.6) is 0 Å². The van der Waals surface area contributed by atoms with E-state index in [0.717, 1.165) is 15.8 Å². The molecule has 72 valence electrons. The molecule has 1 aromatic rings. The Bertz CT molecular complexity index is 260. The van der Waals surface area contributed by atoms with E-state index < -0.39 is 0 Å². The number of aliphatic hydroxyl groups excluding tert-OH is 1. The number of rotatable bonds is 4. The van der Waals surface area contributed by atoms with E-state index >= 15 is 0 Å². The van der Waals surface area contributed by atoms with Gasteiger partial charge >= 0.3 is 0 Å². The molecule has 1 N–H and O–H groups in total. The van der Waals surface area contributed by atoms with E-state index in [9.17, 15) is 4.39 Å². The average molecular weight is 265 g/mol. The van der Waals surface area contributed by atoms with Crippen LogP contribution >= 0.6 is 27.7 Å². The third-order valence-corrected chi connectivity index (χ3v) is 2.89. The van der Waals surface area contributed by atoms with Gasteiger partial charge < -0.3 is 5.11 Å². The zero-order valence-corrected chi connectivity index (χ0v) is 9.37. The van der Waals surface area contributed by atoms with Gasteiger partial charge in [-0.2, -0.15) is 11.8 Å². The van der Waals surface area contributed by atoms with E-state index in [-0.39, 0.29) is 12.4 Å². The summed E-state index contributed by atoms with van der Waals surface area (Å²) in [4.78, 5) is 0. The number of benzene rings is 1. The van der Waals surface area contributed by atoms with Gasteiger partial charge in [0.1, 0.15) is 5.82 Å². The molecule has 1 rings (SSSR count). The molecule has 0 aliphatic heterocycles. The standard InChI is InChI=1S/C9H10BrFOS/c10-8-3-7(4-9(11)5-8)6-13-2-1-12/h3-5,12H,1-2,6H2. The summed E-state index contributed by atoms with van der Waals surface area (Å²) in [7, 11) is 0. The summed E-state index contributed by atoms with van der Waals surface area (Å²) < 4.78 is 13.6. The SMILES string of the molecule is OCCSCc1cc(F)cc(Br)c1. The monoisotopic (exact) mass is 264 g/mol. The lowest BCUT2D eigenvalue weighted by Crippen LogP contribution is -1.89. The molecule has 1 aromatic carbocycles. The minimum absolute atomic E-state index is 0.168. The molecule has 0 saturated carbocycles. The van der Waals surface area contributed by atoms with Crippen molar-refractivity contribution in [3.63, 3.8) is 0 Å². The van der Waals surface area contributed by atoms with Crippen LogP contribution in [0.4, 0.5) is 4.39 Å². The number of halogens is 2. The van der Waals surface area contributed by atoms with Gasteiger partial charge in [-0.05, 0) is 23.8 Å². The molecule has 0 fully saturated rings. The molecule has 0 radical (unpaired) electrons. The highest BCUT2D eigenvalue weighted by molar-refractivity contribution is 9.10. The fourth-order valence-electron chi connectivity index (χ4n) is 0.949. The van der Waals surface area contributed by atoms with Crippen molar-refractivity contribution in [2.45, 2.75) is 5.75 Å². The van der Waals surface area contributed by atoms with Crippen LogP contribution in [0.3, 0.4) is 0 Å². The molecule has 0 aliphatic rings. The van der Waals surface area contributed by atoms with E-state index in [1.165, 1.54) is 12.1 Å². The lowest BCUT2D eigenvalue weighted by Gasteiger charge is -2.01. The largest absolute Gasteiger partial charge is 0.396 e. The van der Waals surface area contributed by atoms with E-state index in [4.69, 9.17) is 5.11 Å². The fourth-order valence-corrected chi connectivity index (χ4v) is 2.14. The second kappa shape index (κ2) is 5.62. The summed E-state index contributed by atoms with van der Waals surface area (Å²) >= 11 is 4.81. The maximum Gasteiger partial charge on any atom is 0.124 e. The van der Waals surface area contributed by atoms with Crippen LogP contribution < -0.4 is 0 Å². The van der Waals surface area contributed by atoms with Gasteiger partial charge in [-0.25, -0.2) is 4.39 Å². The molecule has 0 saturated heterocycles. The van der Waals surface area contributed by atoms with Crippen molar-refractivity contribution < 1.29 is 9.50 Å². The van der Waals surface area contributed by atoms with E-state index in [1.54, 1.807) is 11.8 Å². The Hall–Kier alpha value is -0.0600. The van der Waals surface area contributed by atoms with Crippen LogP contribution in [0.1, 0.15) is 5.56 Å². The van der Waals surface area contributed by atoms with Crippen LogP contribution in [-0.2, 0) is 5.75 Å². The average Bonchev–Trinajstić information content (AvgIpc) is 2.03. The maximum absolute atomic E-state index is 12.8. The second-order valence-corrected chi connectivity index (χ2v) is 4.57. The number of thioether (sulfide) groups is 1. The fraction of sp³-hybridized carbons (Fsp3) is 0.333. The van der Waals surface area contributed by atoms with Gasteiger partial charge in [-0.15, -0.1) is 0 Å². The molecule has 0 unspecified atom stereocenters. The van der Waals surface area contributed by atoms with Gasteiger partial charge in [0.05, 0.1) is 6.61 Å². The quantitative estimate of drug-likeness (QED) is 0.845. The third-order valence-electron chi connectivity index (χ3n) is 1.43. The Morgan fingerprint density at radius 1 is 1.38 bits per heavy atom. The minimum atomic E-state index is -0.228. The summed E-state index contributed by atoms with van der Waals surface area (Å²) in [6.07, 6.45) is 0. The van der Waals surface area contributed by atoms with Crippen molar-refractivity contribution in [3.8, 4) is 0 Å². The van der Waals surface area contributed by atoms with Crippen molar-refractivity contribution >= 4 is 27.7 Å². The zero-order valence-electron chi connectivity index (χ0n) is 6.96. The topological polar surface area (TPSA) is 20.2 Å². The zero-order chi connectivity index (χ0) is 9.68. The smallest absolute Gasteiger partial charge is 0.124 e. The van der Waals surface area contributed by atoms with Gasteiger partial charge in [0.25, 0.3) is 0 Å². The van der Waals surface area contributed by atoms with Crippen molar-refractivity contribution in [2.75, 3.05) is 12.4 Å². The molecular formula is C9H10BrFOS. The molecule has 0 atom stereocenters. The number of hydrogen-bond donors (Lipinski definition) is 1. The summed E-state index contributed by atoms with van der Waals surface area (Å²) in [5.74, 6) is 1.19. The molecule has 0 spiro atoms. The Labute approximate surface area is 89.5 Å². The van der Waals surface area contributed by atoms with Crippen molar-refractivity contribution in [1.29, 1.82) is 0 Å². The van der Waals surface area contributed by atoms with Gasteiger partial charge in [0.2, 0.25) is 0 Å².